The number of thioether (sulfide) groups is 1. The maximum atomic E-state index is 13.3. The van der Waals surface area contributed by atoms with Crippen molar-refractivity contribution in [2.24, 2.45) is 5.73 Å². The highest BCUT2D eigenvalue weighted by molar-refractivity contribution is 7.98. The molecule has 1 saturated carbocycles. The Morgan fingerprint density at radius 3 is 2.57 bits per heavy atom. The molecular formula is C25H26ClN5O3S. The van der Waals surface area contributed by atoms with Gasteiger partial charge >= 0.3 is 0 Å². The van der Waals surface area contributed by atoms with Crippen LogP contribution in [0.3, 0.4) is 0 Å². The summed E-state index contributed by atoms with van der Waals surface area (Å²) in [7, 11) is 0. The number of carbonyl (C=O) groups excluding carboxylic acids is 2. The maximum Gasteiger partial charge on any atom is 0.277 e. The molecule has 0 spiro atoms. The number of benzene rings is 1. The van der Waals surface area contributed by atoms with Gasteiger partial charge in [0, 0.05) is 23.3 Å². The average molecular weight is 512 g/mol. The van der Waals surface area contributed by atoms with E-state index in [2.05, 4.69) is 20.6 Å². The van der Waals surface area contributed by atoms with Crippen molar-refractivity contribution in [3.05, 3.63) is 71.1 Å². The number of rotatable bonds is 7. The molecule has 0 bridgehead atoms. The number of halogens is 1. The number of pyridine rings is 2. The molecule has 0 saturated heterocycles. The van der Waals surface area contributed by atoms with E-state index in [0.717, 1.165) is 30.6 Å². The molecule has 0 aliphatic heterocycles. The van der Waals surface area contributed by atoms with Gasteiger partial charge in [0.25, 0.3) is 11.8 Å². The topological polar surface area (TPSA) is 119 Å². The van der Waals surface area contributed by atoms with E-state index >= 15 is 0 Å². The quantitative estimate of drug-likeness (QED) is 0.381. The van der Waals surface area contributed by atoms with Crippen molar-refractivity contribution in [1.82, 2.24) is 9.97 Å². The van der Waals surface area contributed by atoms with Gasteiger partial charge in [0.15, 0.2) is 5.69 Å². The first-order valence-corrected chi connectivity index (χ1v) is 12.8. The van der Waals surface area contributed by atoms with Crippen molar-refractivity contribution in [3.63, 3.8) is 0 Å². The van der Waals surface area contributed by atoms with Crippen molar-refractivity contribution in [3.8, 4) is 5.75 Å². The number of aromatic nitrogens is 2. The highest BCUT2D eigenvalue weighted by Crippen LogP contribution is 2.30. The van der Waals surface area contributed by atoms with Crippen molar-refractivity contribution in [2.45, 2.75) is 42.7 Å². The van der Waals surface area contributed by atoms with Crippen molar-refractivity contribution in [1.29, 1.82) is 0 Å². The largest absolute Gasteiger partial charge is 0.490 e. The summed E-state index contributed by atoms with van der Waals surface area (Å²) in [5.74, 6) is -0.0803. The van der Waals surface area contributed by atoms with Gasteiger partial charge in [-0.05, 0) is 74.4 Å². The fourth-order valence-corrected chi connectivity index (χ4v) is 4.34. The first kappa shape index (κ1) is 25.0. The normalized spacial score (nSPS) is 17.5. The Morgan fingerprint density at radius 1 is 1.06 bits per heavy atom. The molecule has 182 valence electrons. The van der Waals surface area contributed by atoms with Gasteiger partial charge < -0.3 is 21.1 Å². The number of ether oxygens (including phenoxy) is 1. The lowest BCUT2D eigenvalue weighted by Crippen LogP contribution is -2.32. The standard InChI is InChI=1S/C25H26ClN5O3S/c1-35-18-9-10-19(21(13-18)34-17-7-5-16(27)6-8-17)24(32)30-20-3-2-12-28-23(20)25(33)31-22-11-4-15(26)14-29-22/h2-4,9-14,16-17H,5-8,27H2,1H3,(H,30,32)(H,29,31,33)/t16-,17-. The first-order chi connectivity index (χ1) is 16.9. The van der Waals surface area contributed by atoms with Crippen LogP contribution in [-0.4, -0.2) is 40.2 Å². The van der Waals surface area contributed by atoms with E-state index in [4.69, 9.17) is 22.1 Å². The third kappa shape index (κ3) is 6.50. The Labute approximate surface area is 213 Å². The van der Waals surface area contributed by atoms with E-state index in [1.54, 1.807) is 42.1 Å². The summed E-state index contributed by atoms with van der Waals surface area (Å²) in [4.78, 5) is 35.4. The lowest BCUT2D eigenvalue weighted by molar-refractivity contribution is 0.101. The molecule has 8 nitrogen and oxygen atoms in total. The summed E-state index contributed by atoms with van der Waals surface area (Å²) in [5.41, 5.74) is 6.73. The molecule has 3 aromatic rings. The summed E-state index contributed by atoms with van der Waals surface area (Å²) in [5, 5.41) is 5.93. The van der Waals surface area contributed by atoms with Gasteiger partial charge in [-0.25, -0.2) is 9.97 Å². The Balaban J connectivity index is 1.54. The lowest BCUT2D eigenvalue weighted by Gasteiger charge is -2.27. The Hall–Kier alpha value is -3.14. The van der Waals surface area contributed by atoms with Gasteiger partial charge in [-0.1, -0.05) is 11.6 Å². The van der Waals surface area contributed by atoms with Gasteiger partial charge in [-0.15, -0.1) is 11.8 Å². The summed E-state index contributed by atoms with van der Waals surface area (Å²) in [6.45, 7) is 0. The fourth-order valence-electron chi connectivity index (χ4n) is 3.80. The number of nitrogens with two attached hydrogens (primary N) is 1. The van der Waals surface area contributed by atoms with E-state index in [1.165, 1.54) is 12.4 Å². The number of hydrogen-bond donors (Lipinski definition) is 3. The predicted octanol–water partition coefficient (Wildman–Crippen LogP) is 5.01. The number of amides is 2. The zero-order valence-electron chi connectivity index (χ0n) is 19.2. The van der Waals surface area contributed by atoms with Crippen LogP contribution < -0.4 is 21.1 Å². The number of nitrogens with zero attached hydrogens (tertiary/aromatic N) is 2. The molecule has 1 aliphatic rings. The van der Waals surface area contributed by atoms with Gasteiger partial charge in [0.2, 0.25) is 0 Å². The third-order valence-corrected chi connectivity index (χ3v) is 6.63. The molecule has 4 rings (SSSR count). The monoisotopic (exact) mass is 511 g/mol. The minimum absolute atomic E-state index is 0.00469. The number of nitrogens with one attached hydrogen (secondary N) is 2. The molecule has 2 heterocycles. The number of anilines is 2. The third-order valence-electron chi connectivity index (χ3n) is 5.69. The van der Waals surface area contributed by atoms with E-state index < -0.39 is 11.8 Å². The highest BCUT2D eigenvalue weighted by Gasteiger charge is 2.23. The summed E-state index contributed by atoms with van der Waals surface area (Å²) in [6.07, 6.45) is 8.36. The molecule has 1 fully saturated rings. The summed E-state index contributed by atoms with van der Waals surface area (Å²) in [6, 6.07) is 12.1. The maximum absolute atomic E-state index is 13.3. The molecule has 1 aliphatic carbocycles. The molecule has 2 amide bonds. The second-order valence-electron chi connectivity index (χ2n) is 8.19. The molecule has 35 heavy (non-hydrogen) atoms. The molecule has 10 heteroatoms. The van der Waals surface area contributed by atoms with Gasteiger partial charge in [0.05, 0.1) is 22.4 Å². The van der Waals surface area contributed by atoms with Crippen LogP contribution in [0.2, 0.25) is 5.02 Å². The van der Waals surface area contributed by atoms with Crippen LogP contribution in [0.1, 0.15) is 46.5 Å². The Morgan fingerprint density at radius 2 is 1.86 bits per heavy atom. The smallest absolute Gasteiger partial charge is 0.277 e. The van der Waals surface area contributed by atoms with Crippen molar-refractivity contribution < 1.29 is 14.3 Å². The van der Waals surface area contributed by atoms with Crippen LogP contribution in [0.25, 0.3) is 0 Å². The van der Waals surface area contributed by atoms with Gasteiger partial charge in [-0.3, -0.25) is 9.59 Å². The fraction of sp³-hybridized carbons (Fsp3) is 0.280. The molecule has 2 aromatic heterocycles. The van der Waals surface area contributed by atoms with Crippen molar-refractivity contribution >= 4 is 46.7 Å². The number of carbonyl (C=O) groups is 2. The van der Waals surface area contributed by atoms with Crippen LogP contribution in [0.4, 0.5) is 11.5 Å². The van der Waals surface area contributed by atoms with Gasteiger partial charge in [0.1, 0.15) is 11.6 Å². The SMILES string of the molecule is CSc1ccc(C(=O)Nc2cccnc2C(=O)Nc2ccc(Cl)cn2)c(O[C@H]2CC[C@H](N)CC2)c1. The van der Waals surface area contributed by atoms with E-state index in [1.807, 2.05) is 18.4 Å². The molecule has 4 N–H and O–H groups in total. The minimum atomic E-state index is -0.511. The molecule has 0 atom stereocenters. The van der Waals surface area contributed by atoms with E-state index in [9.17, 15) is 9.59 Å². The number of hydrogen-bond acceptors (Lipinski definition) is 7. The zero-order valence-corrected chi connectivity index (χ0v) is 20.7. The average Bonchev–Trinajstić information content (AvgIpc) is 2.87. The van der Waals surface area contributed by atoms with Gasteiger partial charge in [-0.2, -0.15) is 0 Å². The zero-order chi connectivity index (χ0) is 24.8. The molecule has 0 unspecified atom stereocenters. The molecule has 0 radical (unpaired) electrons. The summed E-state index contributed by atoms with van der Waals surface area (Å²) >= 11 is 7.42. The second kappa shape index (κ2) is 11.5. The van der Waals surface area contributed by atoms with Crippen LogP contribution in [0, 0.1) is 0 Å². The second-order valence-corrected chi connectivity index (χ2v) is 9.50. The van der Waals surface area contributed by atoms with Crippen LogP contribution in [-0.2, 0) is 0 Å². The molecular weight excluding hydrogens is 486 g/mol. The first-order valence-electron chi connectivity index (χ1n) is 11.2. The minimum Gasteiger partial charge on any atom is -0.490 e. The highest BCUT2D eigenvalue weighted by atomic mass is 35.5. The van der Waals surface area contributed by atoms with E-state index in [-0.39, 0.29) is 23.5 Å². The summed E-state index contributed by atoms with van der Waals surface area (Å²) < 4.78 is 6.26. The van der Waals surface area contributed by atoms with Crippen LogP contribution >= 0.6 is 23.4 Å². The lowest BCUT2D eigenvalue weighted by atomic mass is 9.93. The Kier molecular flexibility index (Phi) is 8.22. The van der Waals surface area contributed by atoms with E-state index in [0.29, 0.717) is 22.2 Å². The van der Waals surface area contributed by atoms with Crippen molar-refractivity contribution in [2.75, 3.05) is 16.9 Å². The Bertz CT molecular complexity index is 1200. The van der Waals surface area contributed by atoms with Crippen LogP contribution in [0.15, 0.2) is 59.8 Å². The van der Waals surface area contributed by atoms with Crippen LogP contribution in [0.5, 0.6) is 5.75 Å². The molecule has 1 aromatic carbocycles. The predicted molar refractivity (Wildman–Crippen MR) is 138 cm³/mol.